The smallest absolute Gasteiger partial charge is 0.255 e. The number of amides is 1. The maximum atomic E-state index is 12.4. The van der Waals surface area contributed by atoms with Gasteiger partial charge in [-0.1, -0.05) is 12.1 Å². The molecule has 1 N–H and O–H groups in total. The Morgan fingerprint density at radius 3 is 2.67 bits per heavy atom. The lowest BCUT2D eigenvalue weighted by Gasteiger charge is -2.29. The third-order valence-corrected chi connectivity index (χ3v) is 5.27. The molecule has 0 saturated carbocycles. The van der Waals surface area contributed by atoms with Crippen LogP contribution in [0.2, 0.25) is 0 Å². The van der Waals surface area contributed by atoms with Crippen molar-refractivity contribution in [3.63, 3.8) is 0 Å². The predicted molar refractivity (Wildman–Crippen MR) is 96.1 cm³/mol. The molecular formula is C18H20N2O3S. The van der Waals surface area contributed by atoms with E-state index in [1.165, 1.54) is 10.6 Å². The highest BCUT2D eigenvalue weighted by atomic mass is 32.2. The molecule has 1 heterocycles. The second-order valence-corrected chi connectivity index (χ2v) is 8.01. The molecule has 1 aliphatic rings. The first-order valence-electron chi connectivity index (χ1n) is 7.83. The molecule has 1 amide bonds. The van der Waals surface area contributed by atoms with E-state index >= 15 is 0 Å². The Hall–Kier alpha value is -2.34. The molecule has 2 aromatic carbocycles. The average molecular weight is 344 g/mol. The van der Waals surface area contributed by atoms with Crippen molar-refractivity contribution in [2.24, 2.45) is 0 Å². The number of carbonyl (C=O) groups is 1. The lowest BCUT2D eigenvalue weighted by Crippen LogP contribution is -2.34. The van der Waals surface area contributed by atoms with Gasteiger partial charge in [0.15, 0.2) is 0 Å². The summed E-state index contributed by atoms with van der Waals surface area (Å²) < 4.78 is 25.2. The molecule has 0 fully saturated rings. The summed E-state index contributed by atoms with van der Waals surface area (Å²) in [5.74, 6) is -0.195. The van der Waals surface area contributed by atoms with Gasteiger partial charge in [0.1, 0.15) is 0 Å². The van der Waals surface area contributed by atoms with Crippen LogP contribution >= 0.6 is 0 Å². The third-order valence-electron chi connectivity index (χ3n) is 4.09. The van der Waals surface area contributed by atoms with E-state index < -0.39 is 10.0 Å². The first-order chi connectivity index (χ1) is 11.3. The zero-order valence-electron chi connectivity index (χ0n) is 13.7. The maximum Gasteiger partial charge on any atom is 0.255 e. The quantitative estimate of drug-likeness (QED) is 0.931. The summed E-state index contributed by atoms with van der Waals surface area (Å²) in [7, 11) is -3.29. The minimum atomic E-state index is -3.29. The molecule has 0 saturated heterocycles. The molecule has 2 aromatic rings. The molecule has 3 rings (SSSR count). The number of rotatable bonds is 3. The Morgan fingerprint density at radius 1 is 1.17 bits per heavy atom. The molecule has 6 heteroatoms. The van der Waals surface area contributed by atoms with Gasteiger partial charge in [0.25, 0.3) is 5.91 Å². The zero-order chi connectivity index (χ0) is 17.3. The van der Waals surface area contributed by atoms with Gasteiger partial charge in [-0.3, -0.25) is 9.10 Å². The van der Waals surface area contributed by atoms with Crippen LogP contribution in [-0.2, 0) is 16.4 Å². The van der Waals surface area contributed by atoms with E-state index in [9.17, 15) is 13.2 Å². The van der Waals surface area contributed by atoms with Crippen molar-refractivity contribution in [2.75, 3.05) is 22.4 Å². The van der Waals surface area contributed by atoms with Crippen molar-refractivity contribution in [3.8, 4) is 0 Å². The number of hydrogen-bond acceptors (Lipinski definition) is 3. The Kier molecular flexibility index (Phi) is 4.32. The van der Waals surface area contributed by atoms with Gasteiger partial charge in [-0.15, -0.1) is 0 Å². The fraction of sp³-hybridized carbons (Fsp3) is 0.278. The second kappa shape index (κ2) is 6.28. The van der Waals surface area contributed by atoms with E-state index in [0.717, 1.165) is 29.7 Å². The number of hydrogen-bond donors (Lipinski definition) is 1. The van der Waals surface area contributed by atoms with Crippen LogP contribution in [0.15, 0.2) is 42.5 Å². The van der Waals surface area contributed by atoms with Crippen LogP contribution in [0.3, 0.4) is 0 Å². The van der Waals surface area contributed by atoms with Crippen molar-refractivity contribution in [1.82, 2.24) is 0 Å². The van der Waals surface area contributed by atoms with Crippen LogP contribution in [0, 0.1) is 6.92 Å². The molecule has 0 unspecified atom stereocenters. The van der Waals surface area contributed by atoms with Crippen LogP contribution in [0.4, 0.5) is 11.4 Å². The number of benzene rings is 2. The van der Waals surface area contributed by atoms with Crippen LogP contribution in [0.25, 0.3) is 0 Å². The summed E-state index contributed by atoms with van der Waals surface area (Å²) in [6.45, 7) is 2.45. The first-order valence-corrected chi connectivity index (χ1v) is 9.68. The average Bonchev–Trinajstić information content (AvgIpc) is 2.53. The topological polar surface area (TPSA) is 66.5 Å². The van der Waals surface area contributed by atoms with Gasteiger partial charge in [0.2, 0.25) is 10.0 Å². The molecule has 0 bridgehead atoms. The van der Waals surface area contributed by atoms with Gasteiger partial charge in [-0.25, -0.2) is 8.42 Å². The van der Waals surface area contributed by atoms with E-state index in [-0.39, 0.29) is 5.91 Å². The van der Waals surface area contributed by atoms with Gasteiger partial charge < -0.3 is 5.32 Å². The van der Waals surface area contributed by atoms with Crippen molar-refractivity contribution >= 4 is 27.3 Å². The number of sulfonamides is 1. The van der Waals surface area contributed by atoms with Crippen molar-refractivity contribution in [2.45, 2.75) is 19.8 Å². The molecule has 5 nitrogen and oxygen atoms in total. The van der Waals surface area contributed by atoms with E-state index in [4.69, 9.17) is 0 Å². The van der Waals surface area contributed by atoms with Crippen LogP contribution in [0.1, 0.15) is 27.9 Å². The molecule has 0 aliphatic carbocycles. The maximum absolute atomic E-state index is 12.4. The lowest BCUT2D eigenvalue weighted by molar-refractivity contribution is 0.102. The molecule has 24 heavy (non-hydrogen) atoms. The van der Waals surface area contributed by atoms with Gasteiger partial charge in [0.05, 0.1) is 11.9 Å². The number of nitrogens with zero attached hydrogens (tertiary/aromatic N) is 1. The zero-order valence-corrected chi connectivity index (χ0v) is 14.6. The molecule has 0 atom stereocenters. The monoisotopic (exact) mass is 344 g/mol. The van der Waals surface area contributed by atoms with Crippen LogP contribution < -0.4 is 9.62 Å². The molecular weight excluding hydrogens is 324 g/mol. The number of carbonyl (C=O) groups excluding carboxylic acids is 1. The summed E-state index contributed by atoms with van der Waals surface area (Å²) in [6.07, 6.45) is 2.73. The number of anilines is 2. The number of nitrogens with one attached hydrogen (secondary N) is 1. The highest BCUT2D eigenvalue weighted by Crippen LogP contribution is 2.30. The highest BCUT2D eigenvalue weighted by molar-refractivity contribution is 7.92. The van der Waals surface area contributed by atoms with Crippen molar-refractivity contribution in [3.05, 3.63) is 59.2 Å². The van der Waals surface area contributed by atoms with E-state index in [1.54, 1.807) is 18.2 Å². The standard InChI is InChI=1S/C18H20N2O3S/c1-13-5-3-7-16(11-13)19-18(21)15-8-9-17-14(12-15)6-4-10-20(17)24(2,22)23/h3,5,7-9,11-12H,4,6,10H2,1-2H3,(H,19,21). The van der Waals surface area contributed by atoms with Gasteiger partial charge >= 0.3 is 0 Å². The van der Waals surface area contributed by atoms with Gasteiger partial charge in [-0.05, 0) is 61.2 Å². The Labute approximate surface area is 142 Å². The summed E-state index contributed by atoms with van der Waals surface area (Å²) in [5.41, 5.74) is 3.92. The number of aryl methyl sites for hydroxylation is 2. The van der Waals surface area contributed by atoms with Gasteiger partial charge in [0, 0.05) is 17.8 Å². The SMILES string of the molecule is Cc1cccc(NC(=O)c2ccc3c(c2)CCCN3S(C)(=O)=O)c1. The minimum absolute atomic E-state index is 0.195. The van der Waals surface area contributed by atoms with Crippen LogP contribution in [-0.4, -0.2) is 27.1 Å². The largest absolute Gasteiger partial charge is 0.322 e. The van der Waals surface area contributed by atoms with Crippen molar-refractivity contribution < 1.29 is 13.2 Å². The molecule has 0 radical (unpaired) electrons. The Bertz CT molecular complexity index is 891. The normalized spacial score (nSPS) is 14.2. The molecule has 0 aromatic heterocycles. The molecule has 0 spiro atoms. The summed E-state index contributed by atoms with van der Waals surface area (Å²) in [6, 6.07) is 12.8. The summed E-state index contributed by atoms with van der Waals surface area (Å²) in [5, 5.41) is 2.88. The first kappa shape index (κ1) is 16.5. The van der Waals surface area contributed by atoms with Gasteiger partial charge in [-0.2, -0.15) is 0 Å². The van der Waals surface area contributed by atoms with Crippen LogP contribution in [0.5, 0.6) is 0 Å². The van der Waals surface area contributed by atoms with E-state index in [2.05, 4.69) is 5.32 Å². The second-order valence-electron chi connectivity index (χ2n) is 6.11. The lowest BCUT2D eigenvalue weighted by atomic mass is 10.0. The predicted octanol–water partition coefficient (Wildman–Crippen LogP) is 2.96. The van der Waals surface area contributed by atoms with E-state index in [0.29, 0.717) is 17.8 Å². The minimum Gasteiger partial charge on any atom is -0.322 e. The van der Waals surface area contributed by atoms with Crippen molar-refractivity contribution in [1.29, 1.82) is 0 Å². The Balaban J connectivity index is 1.87. The van der Waals surface area contributed by atoms with E-state index in [1.807, 2.05) is 31.2 Å². The Morgan fingerprint density at radius 2 is 1.96 bits per heavy atom. The summed E-state index contributed by atoms with van der Waals surface area (Å²) >= 11 is 0. The molecule has 1 aliphatic heterocycles. The fourth-order valence-corrected chi connectivity index (χ4v) is 3.97. The highest BCUT2D eigenvalue weighted by Gasteiger charge is 2.24. The fourth-order valence-electron chi connectivity index (χ4n) is 2.97. The third kappa shape index (κ3) is 3.43. The summed E-state index contributed by atoms with van der Waals surface area (Å²) in [4.78, 5) is 12.4. The molecule has 126 valence electrons. The number of fused-ring (bicyclic) bond motifs is 1.